The van der Waals surface area contributed by atoms with Gasteiger partial charge in [-0.15, -0.1) is 0 Å². The van der Waals surface area contributed by atoms with Gasteiger partial charge < -0.3 is 9.47 Å². The smallest absolute Gasteiger partial charge is 0.191 e. The van der Waals surface area contributed by atoms with Gasteiger partial charge in [0.15, 0.2) is 5.78 Å². The van der Waals surface area contributed by atoms with E-state index in [1.54, 1.807) is 13.2 Å². The van der Waals surface area contributed by atoms with Gasteiger partial charge in [0.2, 0.25) is 0 Å². The average molecular weight is 234 g/mol. The molecule has 1 aliphatic carbocycles. The van der Waals surface area contributed by atoms with E-state index in [1.807, 2.05) is 25.1 Å². The molecule has 3 heteroatoms. The van der Waals surface area contributed by atoms with Crippen LogP contribution in [0.1, 0.15) is 30.1 Å². The van der Waals surface area contributed by atoms with E-state index in [-0.39, 0.29) is 11.9 Å². The molecule has 0 saturated heterocycles. The Kier molecular flexibility index (Phi) is 3.79. The number of ether oxygens (including phenoxy) is 2. The molecule has 1 atom stereocenters. The second-order valence-corrected chi connectivity index (χ2v) is 4.32. The van der Waals surface area contributed by atoms with E-state index in [0.717, 1.165) is 18.6 Å². The lowest BCUT2D eigenvalue weighted by Gasteiger charge is -2.13. The highest BCUT2D eigenvalue weighted by Gasteiger charge is 2.36. The van der Waals surface area contributed by atoms with Crippen molar-refractivity contribution in [2.24, 2.45) is 5.92 Å². The molecule has 0 radical (unpaired) electrons. The summed E-state index contributed by atoms with van der Waals surface area (Å²) in [5, 5.41) is 0. The van der Waals surface area contributed by atoms with Gasteiger partial charge in [-0.2, -0.15) is 0 Å². The molecule has 2 rings (SSSR count). The molecular weight excluding hydrogens is 216 g/mol. The zero-order valence-electron chi connectivity index (χ0n) is 10.3. The fourth-order valence-electron chi connectivity index (χ4n) is 1.98. The first-order valence-electron chi connectivity index (χ1n) is 6.06. The third kappa shape index (κ3) is 2.86. The number of benzene rings is 1. The van der Waals surface area contributed by atoms with Crippen molar-refractivity contribution in [1.82, 2.24) is 0 Å². The number of ketones is 1. The van der Waals surface area contributed by atoms with E-state index in [1.165, 1.54) is 0 Å². The van der Waals surface area contributed by atoms with Gasteiger partial charge in [0.05, 0.1) is 6.61 Å². The van der Waals surface area contributed by atoms with Crippen LogP contribution in [0.15, 0.2) is 24.3 Å². The molecule has 17 heavy (non-hydrogen) atoms. The number of hydrogen-bond acceptors (Lipinski definition) is 3. The zero-order valence-corrected chi connectivity index (χ0v) is 10.3. The van der Waals surface area contributed by atoms with Crippen molar-refractivity contribution in [3.05, 3.63) is 29.8 Å². The first-order chi connectivity index (χ1) is 8.26. The molecule has 0 spiro atoms. The highest BCUT2D eigenvalue weighted by molar-refractivity contribution is 6.00. The van der Waals surface area contributed by atoms with Crippen LogP contribution >= 0.6 is 0 Å². The molecule has 0 heterocycles. The van der Waals surface area contributed by atoms with Gasteiger partial charge in [0, 0.05) is 12.7 Å². The number of carbonyl (C=O) groups is 1. The molecule has 1 unspecified atom stereocenters. The van der Waals surface area contributed by atoms with Crippen LogP contribution in [-0.4, -0.2) is 25.6 Å². The summed E-state index contributed by atoms with van der Waals surface area (Å²) in [6.07, 6.45) is 1.90. The van der Waals surface area contributed by atoms with Crippen LogP contribution in [0.25, 0.3) is 0 Å². The maximum absolute atomic E-state index is 12.2. The molecule has 1 saturated carbocycles. The number of rotatable bonds is 6. The Morgan fingerprint density at radius 3 is 2.82 bits per heavy atom. The van der Waals surface area contributed by atoms with Gasteiger partial charge >= 0.3 is 0 Å². The number of Topliss-reactive ketones (excluding diaryl/α,β-unsaturated/α-hetero) is 1. The third-order valence-electron chi connectivity index (χ3n) is 2.99. The average Bonchev–Trinajstić information content (AvgIpc) is 3.15. The minimum Gasteiger partial charge on any atom is -0.494 e. The molecule has 0 aromatic heterocycles. The molecule has 1 aromatic rings. The molecule has 1 aromatic carbocycles. The largest absolute Gasteiger partial charge is 0.494 e. The molecular formula is C14H18O3. The molecule has 92 valence electrons. The monoisotopic (exact) mass is 234 g/mol. The van der Waals surface area contributed by atoms with Crippen molar-refractivity contribution in [2.45, 2.75) is 25.9 Å². The fourth-order valence-corrected chi connectivity index (χ4v) is 1.98. The van der Waals surface area contributed by atoms with Crippen LogP contribution < -0.4 is 4.74 Å². The SMILES string of the molecule is CCOc1cccc(C(=O)C(OC)C2CC2)c1. The molecule has 1 aliphatic rings. The maximum Gasteiger partial charge on any atom is 0.191 e. The molecule has 1 fully saturated rings. The van der Waals surface area contributed by atoms with Gasteiger partial charge in [-0.25, -0.2) is 0 Å². The summed E-state index contributed by atoms with van der Waals surface area (Å²) >= 11 is 0. The number of hydrogen-bond donors (Lipinski definition) is 0. The lowest BCUT2D eigenvalue weighted by Crippen LogP contribution is -2.25. The minimum absolute atomic E-state index is 0.0663. The van der Waals surface area contributed by atoms with Crippen LogP contribution in [0.5, 0.6) is 5.75 Å². The molecule has 0 amide bonds. The Morgan fingerprint density at radius 2 is 2.24 bits per heavy atom. The van der Waals surface area contributed by atoms with Crippen LogP contribution in [0.4, 0.5) is 0 Å². The minimum atomic E-state index is -0.285. The topological polar surface area (TPSA) is 35.5 Å². The van der Waals surface area contributed by atoms with Crippen molar-refractivity contribution >= 4 is 5.78 Å². The highest BCUT2D eigenvalue weighted by Crippen LogP contribution is 2.35. The van der Waals surface area contributed by atoms with Crippen LogP contribution in [0.2, 0.25) is 0 Å². The van der Waals surface area contributed by atoms with Crippen molar-refractivity contribution in [3.63, 3.8) is 0 Å². The highest BCUT2D eigenvalue weighted by atomic mass is 16.5. The summed E-state index contributed by atoms with van der Waals surface area (Å²) in [6, 6.07) is 7.32. The summed E-state index contributed by atoms with van der Waals surface area (Å²) in [4.78, 5) is 12.2. The quantitative estimate of drug-likeness (QED) is 0.710. The summed E-state index contributed by atoms with van der Waals surface area (Å²) in [7, 11) is 1.60. The van der Waals surface area contributed by atoms with E-state index >= 15 is 0 Å². The van der Waals surface area contributed by atoms with Gasteiger partial charge in [-0.05, 0) is 37.8 Å². The summed E-state index contributed by atoms with van der Waals surface area (Å²) in [5.41, 5.74) is 0.676. The summed E-state index contributed by atoms with van der Waals surface area (Å²) in [5.74, 6) is 1.21. The van der Waals surface area contributed by atoms with Crippen molar-refractivity contribution in [3.8, 4) is 5.75 Å². The molecule has 0 N–H and O–H groups in total. The van der Waals surface area contributed by atoms with E-state index < -0.39 is 0 Å². The standard InChI is InChI=1S/C14H18O3/c1-3-17-12-6-4-5-11(9-12)13(15)14(16-2)10-7-8-10/h4-6,9-10,14H,3,7-8H2,1-2H3. The summed E-state index contributed by atoms with van der Waals surface area (Å²) < 4.78 is 10.7. The van der Waals surface area contributed by atoms with Crippen molar-refractivity contribution in [2.75, 3.05) is 13.7 Å². The second-order valence-electron chi connectivity index (χ2n) is 4.32. The molecule has 0 aliphatic heterocycles. The Hall–Kier alpha value is -1.35. The van der Waals surface area contributed by atoms with Gasteiger partial charge in [0.1, 0.15) is 11.9 Å². The first kappa shape index (κ1) is 12.1. The Balaban J connectivity index is 2.14. The van der Waals surface area contributed by atoms with E-state index in [9.17, 15) is 4.79 Å². The Morgan fingerprint density at radius 1 is 1.47 bits per heavy atom. The second kappa shape index (κ2) is 5.32. The van der Waals surface area contributed by atoms with Crippen LogP contribution in [-0.2, 0) is 4.74 Å². The summed E-state index contributed by atoms with van der Waals surface area (Å²) in [6.45, 7) is 2.53. The third-order valence-corrected chi connectivity index (χ3v) is 2.99. The van der Waals surface area contributed by atoms with Crippen LogP contribution in [0, 0.1) is 5.92 Å². The number of carbonyl (C=O) groups excluding carboxylic acids is 1. The van der Waals surface area contributed by atoms with Gasteiger partial charge in [0.25, 0.3) is 0 Å². The fraction of sp³-hybridized carbons (Fsp3) is 0.500. The predicted octanol–water partition coefficient (Wildman–Crippen LogP) is 2.69. The van der Waals surface area contributed by atoms with Crippen LogP contribution in [0.3, 0.4) is 0 Å². The van der Waals surface area contributed by atoms with Crippen molar-refractivity contribution < 1.29 is 14.3 Å². The normalized spacial score (nSPS) is 16.6. The van der Waals surface area contributed by atoms with E-state index in [0.29, 0.717) is 18.1 Å². The lowest BCUT2D eigenvalue weighted by molar-refractivity contribution is 0.0539. The van der Waals surface area contributed by atoms with E-state index in [2.05, 4.69) is 0 Å². The number of methoxy groups -OCH3 is 1. The van der Waals surface area contributed by atoms with Gasteiger partial charge in [-0.1, -0.05) is 12.1 Å². The Labute approximate surface area is 102 Å². The lowest BCUT2D eigenvalue weighted by atomic mass is 10.0. The van der Waals surface area contributed by atoms with Gasteiger partial charge in [-0.3, -0.25) is 4.79 Å². The van der Waals surface area contributed by atoms with Crippen molar-refractivity contribution in [1.29, 1.82) is 0 Å². The first-order valence-corrected chi connectivity index (χ1v) is 6.06. The van der Waals surface area contributed by atoms with E-state index in [4.69, 9.17) is 9.47 Å². The Bertz CT molecular complexity index is 396. The molecule has 3 nitrogen and oxygen atoms in total. The zero-order chi connectivity index (χ0) is 12.3. The predicted molar refractivity (Wildman–Crippen MR) is 65.5 cm³/mol. The maximum atomic E-state index is 12.2. The molecule has 0 bridgehead atoms.